The second kappa shape index (κ2) is 3.25. The average Bonchev–Trinajstić information content (AvgIpc) is 2.28. The number of rotatable bonds is 3. The number of carboxylic acid groups (broad SMARTS) is 1. The Bertz CT molecular complexity index is 335. The molecule has 5 nitrogen and oxygen atoms in total. The van der Waals surface area contributed by atoms with Crippen LogP contribution in [0.5, 0.6) is 0 Å². The molecule has 66 valence electrons. The van der Waals surface area contributed by atoms with E-state index in [1.54, 1.807) is 6.92 Å². The van der Waals surface area contributed by atoms with E-state index in [2.05, 4.69) is 5.16 Å². The molecule has 1 aromatic heterocycles. The van der Waals surface area contributed by atoms with Crippen molar-refractivity contribution in [2.45, 2.75) is 19.8 Å². The van der Waals surface area contributed by atoms with E-state index >= 15 is 0 Å². The SMILES string of the molecule is Cc1o[nH]c(=O)c1CCC(=O)O. The van der Waals surface area contributed by atoms with Crippen LogP contribution in [0, 0.1) is 6.92 Å². The van der Waals surface area contributed by atoms with E-state index in [9.17, 15) is 9.59 Å². The highest BCUT2D eigenvalue weighted by molar-refractivity contribution is 5.67. The molecule has 0 atom stereocenters. The molecule has 0 bridgehead atoms. The molecule has 1 aromatic rings. The highest BCUT2D eigenvalue weighted by Crippen LogP contribution is 2.03. The van der Waals surface area contributed by atoms with Crippen LogP contribution in [0.4, 0.5) is 0 Å². The molecule has 0 spiro atoms. The molecule has 0 saturated carbocycles. The Morgan fingerprint density at radius 3 is 2.75 bits per heavy atom. The molecule has 0 aromatic carbocycles. The van der Waals surface area contributed by atoms with E-state index in [1.807, 2.05) is 0 Å². The quantitative estimate of drug-likeness (QED) is 0.684. The van der Waals surface area contributed by atoms with Crippen molar-refractivity contribution in [3.05, 3.63) is 21.7 Å². The lowest BCUT2D eigenvalue weighted by Gasteiger charge is -1.90. The number of carbonyl (C=O) groups is 1. The highest BCUT2D eigenvalue weighted by atomic mass is 16.5. The van der Waals surface area contributed by atoms with Crippen LogP contribution in [-0.4, -0.2) is 16.2 Å². The minimum Gasteiger partial charge on any atom is -0.481 e. The summed E-state index contributed by atoms with van der Waals surface area (Å²) in [4.78, 5) is 21.1. The van der Waals surface area contributed by atoms with Crippen LogP contribution in [0.1, 0.15) is 17.7 Å². The molecule has 5 heteroatoms. The Morgan fingerprint density at radius 1 is 1.67 bits per heavy atom. The maximum Gasteiger partial charge on any atom is 0.303 e. The maximum absolute atomic E-state index is 10.9. The fraction of sp³-hybridized carbons (Fsp3) is 0.429. The summed E-state index contributed by atoms with van der Waals surface area (Å²) in [5.74, 6) is -0.462. The Balaban J connectivity index is 2.75. The van der Waals surface area contributed by atoms with Crippen molar-refractivity contribution in [2.24, 2.45) is 0 Å². The van der Waals surface area contributed by atoms with Crippen LogP contribution in [-0.2, 0) is 11.2 Å². The zero-order valence-electron chi connectivity index (χ0n) is 6.59. The summed E-state index contributed by atoms with van der Waals surface area (Å²) in [6, 6.07) is 0. The van der Waals surface area contributed by atoms with Crippen molar-refractivity contribution >= 4 is 5.97 Å². The first-order chi connectivity index (χ1) is 5.61. The predicted molar refractivity (Wildman–Crippen MR) is 40.0 cm³/mol. The van der Waals surface area contributed by atoms with Gasteiger partial charge in [-0.1, -0.05) is 0 Å². The van der Waals surface area contributed by atoms with Crippen LogP contribution in [0.2, 0.25) is 0 Å². The second-order valence-electron chi connectivity index (χ2n) is 2.46. The Labute approximate surface area is 68.0 Å². The molecule has 0 saturated heterocycles. The number of aromatic nitrogens is 1. The standard InChI is InChI=1S/C7H9NO4/c1-4-5(2-3-6(9)10)7(11)8-12-4/h2-3H2,1H3,(H,8,11)(H,9,10). The van der Waals surface area contributed by atoms with Crippen LogP contribution in [0.3, 0.4) is 0 Å². The summed E-state index contributed by atoms with van der Waals surface area (Å²) in [7, 11) is 0. The van der Waals surface area contributed by atoms with Crippen molar-refractivity contribution in [3.8, 4) is 0 Å². The van der Waals surface area contributed by atoms with Gasteiger partial charge in [0.2, 0.25) is 0 Å². The van der Waals surface area contributed by atoms with Crippen LogP contribution >= 0.6 is 0 Å². The zero-order chi connectivity index (χ0) is 9.14. The number of carboxylic acids is 1. The summed E-state index contributed by atoms with van der Waals surface area (Å²) in [6.07, 6.45) is 0.163. The normalized spacial score (nSPS) is 10.1. The van der Waals surface area contributed by atoms with E-state index in [-0.39, 0.29) is 18.4 Å². The monoisotopic (exact) mass is 171 g/mol. The van der Waals surface area contributed by atoms with Crippen molar-refractivity contribution in [2.75, 3.05) is 0 Å². The largest absolute Gasteiger partial charge is 0.481 e. The molecule has 0 unspecified atom stereocenters. The summed E-state index contributed by atoms with van der Waals surface area (Å²) in [5.41, 5.74) is 0.0751. The van der Waals surface area contributed by atoms with Gasteiger partial charge in [-0.15, -0.1) is 0 Å². The number of H-pyrrole nitrogens is 1. The van der Waals surface area contributed by atoms with E-state index in [0.717, 1.165) is 0 Å². The lowest BCUT2D eigenvalue weighted by Crippen LogP contribution is -2.08. The van der Waals surface area contributed by atoms with E-state index in [1.165, 1.54) is 0 Å². The molecular formula is C7H9NO4. The molecule has 0 aliphatic rings. The lowest BCUT2D eigenvalue weighted by atomic mass is 10.1. The fourth-order valence-electron chi connectivity index (χ4n) is 0.927. The van der Waals surface area contributed by atoms with Gasteiger partial charge in [0.25, 0.3) is 5.56 Å². The first kappa shape index (κ1) is 8.58. The van der Waals surface area contributed by atoms with Gasteiger partial charge in [-0.3, -0.25) is 9.59 Å². The summed E-state index contributed by atoms with van der Waals surface area (Å²) in [5, 5.41) is 10.5. The average molecular weight is 171 g/mol. The predicted octanol–water partition coefficient (Wildman–Crippen LogP) is 0.294. The summed E-state index contributed by atoms with van der Waals surface area (Å²) < 4.78 is 4.70. The molecule has 2 N–H and O–H groups in total. The zero-order valence-corrected chi connectivity index (χ0v) is 6.59. The Morgan fingerprint density at radius 2 is 2.33 bits per heavy atom. The van der Waals surface area contributed by atoms with E-state index in [4.69, 9.17) is 9.63 Å². The number of aliphatic carboxylic acids is 1. The van der Waals surface area contributed by atoms with Crippen molar-refractivity contribution in [1.29, 1.82) is 0 Å². The fourth-order valence-corrected chi connectivity index (χ4v) is 0.927. The van der Waals surface area contributed by atoms with Gasteiger partial charge < -0.3 is 9.63 Å². The van der Waals surface area contributed by atoms with Gasteiger partial charge >= 0.3 is 5.97 Å². The van der Waals surface area contributed by atoms with Crippen LogP contribution in [0.25, 0.3) is 0 Å². The van der Waals surface area contributed by atoms with Crippen LogP contribution in [0.15, 0.2) is 9.32 Å². The van der Waals surface area contributed by atoms with Crippen molar-refractivity contribution < 1.29 is 14.4 Å². The third-order valence-corrected chi connectivity index (χ3v) is 1.58. The molecule has 0 fully saturated rings. The van der Waals surface area contributed by atoms with E-state index < -0.39 is 5.97 Å². The first-order valence-corrected chi connectivity index (χ1v) is 3.50. The Hall–Kier alpha value is -1.52. The third-order valence-electron chi connectivity index (χ3n) is 1.58. The highest BCUT2D eigenvalue weighted by Gasteiger charge is 2.09. The number of aromatic amines is 1. The first-order valence-electron chi connectivity index (χ1n) is 3.50. The van der Waals surface area contributed by atoms with Gasteiger partial charge in [0.05, 0.1) is 5.56 Å². The third kappa shape index (κ3) is 1.75. The minimum absolute atomic E-state index is 0.0521. The topological polar surface area (TPSA) is 83.3 Å². The molecule has 1 heterocycles. The van der Waals surface area contributed by atoms with Gasteiger partial charge in [-0.2, -0.15) is 5.16 Å². The maximum atomic E-state index is 10.9. The van der Waals surface area contributed by atoms with Gasteiger partial charge in [-0.05, 0) is 13.3 Å². The number of aryl methyl sites for hydroxylation is 1. The summed E-state index contributed by atoms with van der Waals surface area (Å²) >= 11 is 0. The van der Waals surface area contributed by atoms with Crippen LogP contribution < -0.4 is 5.56 Å². The number of nitrogens with one attached hydrogen (secondary N) is 1. The number of hydrogen-bond acceptors (Lipinski definition) is 3. The van der Waals surface area contributed by atoms with Gasteiger partial charge in [0.15, 0.2) is 0 Å². The summed E-state index contributed by atoms with van der Waals surface area (Å²) in [6.45, 7) is 1.62. The van der Waals surface area contributed by atoms with E-state index in [0.29, 0.717) is 11.3 Å². The lowest BCUT2D eigenvalue weighted by molar-refractivity contribution is -0.136. The molecular weight excluding hydrogens is 162 g/mol. The number of hydrogen-bond donors (Lipinski definition) is 2. The van der Waals surface area contributed by atoms with Crippen molar-refractivity contribution in [1.82, 2.24) is 5.16 Å². The Kier molecular flexibility index (Phi) is 2.32. The molecule has 0 amide bonds. The molecule has 0 aliphatic heterocycles. The second-order valence-corrected chi connectivity index (χ2v) is 2.46. The van der Waals surface area contributed by atoms with Gasteiger partial charge in [-0.25, -0.2) is 0 Å². The smallest absolute Gasteiger partial charge is 0.303 e. The molecule has 0 radical (unpaired) electrons. The molecule has 1 rings (SSSR count). The molecule has 0 aliphatic carbocycles. The van der Waals surface area contributed by atoms with Gasteiger partial charge in [0.1, 0.15) is 5.76 Å². The minimum atomic E-state index is -0.921. The molecule has 12 heavy (non-hydrogen) atoms. The van der Waals surface area contributed by atoms with Crippen molar-refractivity contribution in [3.63, 3.8) is 0 Å². The van der Waals surface area contributed by atoms with Gasteiger partial charge in [0, 0.05) is 6.42 Å².